The molecule has 4 heteroatoms. The van der Waals surface area contributed by atoms with Gasteiger partial charge in [0.1, 0.15) is 0 Å². The quantitative estimate of drug-likeness (QED) is 0.642. The third kappa shape index (κ3) is 1.82. The minimum atomic E-state index is 0.630. The number of aromatic nitrogens is 3. The first-order valence-electron chi connectivity index (χ1n) is 5.71. The second kappa shape index (κ2) is 4.21. The first-order chi connectivity index (χ1) is 8.65. The third-order valence-corrected chi connectivity index (χ3v) is 3.35. The largest absolute Gasteiger partial charge is 0.350 e. The molecule has 0 saturated heterocycles. The number of hydrogen-bond donors (Lipinski definition) is 0. The van der Waals surface area contributed by atoms with Crippen LogP contribution < -0.4 is 0 Å². The predicted octanol–water partition coefficient (Wildman–Crippen LogP) is 3.71. The van der Waals surface area contributed by atoms with E-state index in [9.17, 15) is 0 Å². The van der Waals surface area contributed by atoms with E-state index in [2.05, 4.69) is 61.9 Å². The van der Waals surface area contributed by atoms with Gasteiger partial charge in [-0.05, 0) is 35.0 Å². The Labute approximate surface area is 114 Å². The van der Waals surface area contributed by atoms with Crippen LogP contribution in [0.1, 0.15) is 5.69 Å². The molecule has 90 valence electrons. The van der Waals surface area contributed by atoms with E-state index >= 15 is 0 Å². The van der Waals surface area contributed by atoms with Gasteiger partial charge in [-0.25, -0.2) is 9.97 Å². The van der Waals surface area contributed by atoms with Crippen LogP contribution in [-0.2, 0) is 7.05 Å². The van der Waals surface area contributed by atoms with Crippen molar-refractivity contribution in [1.82, 2.24) is 14.5 Å². The van der Waals surface area contributed by atoms with Gasteiger partial charge in [0.25, 0.3) is 0 Å². The maximum absolute atomic E-state index is 4.46. The summed E-state index contributed by atoms with van der Waals surface area (Å²) in [5.41, 5.74) is 4.25. The van der Waals surface area contributed by atoms with Gasteiger partial charge in [-0.3, -0.25) is 0 Å². The van der Waals surface area contributed by atoms with Crippen LogP contribution in [0.25, 0.3) is 22.2 Å². The lowest BCUT2D eigenvalue weighted by Crippen LogP contribution is -1.90. The smallest absolute Gasteiger partial charge is 0.197 e. The van der Waals surface area contributed by atoms with Crippen molar-refractivity contribution >= 4 is 26.8 Å². The molecule has 0 radical (unpaired) electrons. The molecule has 1 aromatic carbocycles. The van der Waals surface area contributed by atoms with Gasteiger partial charge >= 0.3 is 0 Å². The zero-order chi connectivity index (χ0) is 12.7. The Morgan fingerprint density at radius 1 is 1.17 bits per heavy atom. The molecule has 3 rings (SSSR count). The molecule has 0 saturated carbocycles. The number of para-hydroxylation sites is 1. The molecular weight excluding hydrogens is 290 g/mol. The maximum Gasteiger partial charge on any atom is 0.197 e. The molecule has 0 aliphatic rings. The molecule has 3 aromatic rings. The molecule has 0 unspecified atom stereocenters. The molecule has 0 aliphatic heterocycles. The van der Waals surface area contributed by atoms with Crippen LogP contribution in [0.15, 0.2) is 41.3 Å². The van der Waals surface area contributed by atoms with Crippen molar-refractivity contribution < 1.29 is 0 Å². The molecule has 0 spiro atoms. The lowest BCUT2D eigenvalue weighted by atomic mass is 10.1. The Morgan fingerprint density at radius 2 is 1.94 bits per heavy atom. The Balaban J connectivity index is 2.31. The average molecular weight is 302 g/mol. The standard InChI is InChI=1S/C14H12BrN3/c1-9-7-12(17-14(15)16-9)11-8-18(2)13-6-4-3-5-10(11)13/h3-8H,1-2H3. The Kier molecular flexibility index (Phi) is 2.67. The normalized spacial score (nSPS) is 11.1. The minimum absolute atomic E-state index is 0.630. The average Bonchev–Trinajstić information content (AvgIpc) is 2.66. The van der Waals surface area contributed by atoms with Gasteiger partial charge in [-0.1, -0.05) is 18.2 Å². The Bertz CT molecular complexity index is 711. The first-order valence-corrected chi connectivity index (χ1v) is 6.50. The molecule has 0 aliphatic carbocycles. The van der Waals surface area contributed by atoms with E-state index < -0.39 is 0 Å². The zero-order valence-electron chi connectivity index (χ0n) is 10.2. The summed E-state index contributed by atoms with van der Waals surface area (Å²) < 4.78 is 2.75. The maximum atomic E-state index is 4.46. The number of hydrogen-bond acceptors (Lipinski definition) is 2. The van der Waals surface area contributed by atoms with Crippen molar-refractivity contribution in [3.8, 4) is 11.3 Å². The van der Waals surface area contributed by atoms with Crippen LogP contribution in [0.2, 0.25) is 0 Å². The molecule has 18 heavy (non-hydrogen) atoms. The predicted molar refractivity (Wildman–Crippen MR) is 76.4 cm³/mol. The highest BCUT2D eigenvalue weighted by atomic mass is 79.9. The van der Waals surface area contributed by atoms with Crippen molar-refractivity contribution in [3.05, 3.63) is 47.0 Å². The molecule has 0 fully saturated rings. The van der Waals surface area contributed by atoms with Crippen LogP contribution in [0, 0.1) is 6.92 Å². The fraction of sp³-hybridized carbons (Fsp3) is 0.143. The molecule has 0 N–H and O–H groups in total. The van der Waals surface area contributed by atoms with Gasteiger partial charge in [0.05, 0.1) is 5.69 Å². The first kappa shape index (κ1) is 11.4. The highest BCUT2D eigenvalue weighted by molar-refractivity contribution is 9.10. The van der Waals surface area contributed by atoms with E-state index in [1.807, 2.05) is 19.1 Å². The summed E-state index contributed by atoms with van der Waals surface area (Å²) in [5.74, 6) is 0. The van der Waals surface area contributed by atoms with Gasteiger partial charge in [0.15, 0.2) is 4.73 Å². The minimum Gasteiger partial charge on any atom is -0.350 e. The van der Waals surface area contributed by atoms with Crippen LogP contribution >= 0.6 is 15.9 Å². The van der Waals surface area contributed by atoms with Crippen LogP contribution in [0.5, 0.6) is 0 Å². The van der Waals surface area contributed by atoms with Gasteiger partial charge in [0, 0.05) is 35.4 Å². The van der Waals surface area contributed by atoms with E-state index in [-0.39, 0.29) is 0 Å². The van der Waals surface area contributed by atoms with Crippen molar-refractivity contribution in [3.63, 3.8) is 0 Å². The SMILES string of the molecule is Cc1cc(-c2cn(C)c3ccccc23)nc(Br)n1. The zero-order valence-corrected chi connectivity index (χ0v) is 11.8. The van der Waals surface area contributed by atoms with E-state index in [0.717, 1.165) is 17.0 Å². The summed E-state index contributed by atoms with van der Waals surface area (Å²) in [7, 11) is 2.05. The highest BCUT2D eigenvalue weighted by Gasteiger charge is 2.10. The number of fused-ring (bicyclic) bond motifs is 1. The monoisotopic (exact) mass is 301 g/mol. The second-order valence-corrected chi connectivity index (χ2v) is 5.04. The van der Waals surface area contributed by atoms with E-state index in [1.165, 1.54) is 10.9 Å². The van der Waals surface area contributed by atoms with Crippen molar-refractivity contribution in [2.24, 2.45) is 7.05 Å². The third-order valence-electron chi connectivity index (χ3n) is 3.00. The second-order valence-electron chi connectivity index (χ2n) is 4.33. The summed E-state index contributed by atoms with van der Waals surface area (Å²) in [6.07, 6.45) is 2.11. The van der Waals surface area contributed by atoms with E-state index in [1.54, 1.807) is 0 Å². The van der Waals surface area contributed by atoms with Crippen LogP contribution in [0.4, 0.5) is 0 Å². The number of rotatable bonds is 1. The number of nitrogens with zero attached hydrogens (tertiary/aromatic N) is 3. The van der Waals surface area contributed by atoms with Gasteiger partial charge in [-0.2, -0.15) is 0 Å². The number of aryl methyl sites for hydroxylation is 2. The molecule has 0 bridgehead atoms. The summed E-state index contributed by atoms with van der Waals surface area (Å²) in [6.45, 7) is 1.97. The highest BCUT2D eigenvalue weighted by Crippen LogP contribution is 2.29. The van der Waals surface area contributed by atoms with Crippen LogP contribution in [0.3, 0.4) is 0 Å². The molecule has 0 atom stereocenters. The van der Waals surface area contributed by atoms with Crippen molar-refractivity contribution in [1.29, 1.82) is 0 Å². The Morgan fingerprint density at radius 3 is 2.72 bits per heavy atom. The Hall–Kier alpha value is -1.68. The molecule has 2 heterocycles. The fourth-order valence-electron chi connectivity index (χ4n) is 2.22. The van der Waals surface area contributed by atoms with Gasteiger partial charge < -0.3 is 4.57 Å². The lowest BCUT2D eigenvalue weighted by molar-refractivity contribution is 0.968. The lowest BCUT2D eigenvalue weighted by Gasteiger charge is -2.01. The molecule has 2 aromatic heterocycles. The molecule has 0 amide bonds. The summed E-state index contributed by atoms with van der Waals surface area (Å²) in [5, 5.41) is 1.21. The van der Waals surface area contributed by atoms with Gasteiger partial charge in [-0.15, -0.1) is 0 Å². The summed E-state index contributed by atoms with van der Waals surface area (Å²) in [4.78, 5) is 8.71. The van der Waals surface area contributed by atoms with Crippen molar-refractivity contribution in [2.45, 2.75) is 6.92 Å². The summed E-state index contributed by atoms with van der Waals surface area (Å²) in [6, 6.07) is 10.3. The van der Waals surface area contributed by atoms with E-state index in [0.29, 0.717) is 4.73 Å². The van der Waals surface area contributed by atoms with Gasteiger partial charge in [0.2, 0.25) is 0 Å². The number of halogens is 1. The van der Waals surface area contributed by atoms with Crippen molar-refractivity contribution in [2.75, 3.05) is 0 Å². The summed E-state index contributed by atoms with van der Waals surface area (Å²) >= 11 is 3.35. The molecule has 3 nitrogen and oxygen atoms in total. The fourth-order valence-corrected chi connectivity index (χ4v) is 2.69. The number of benzene rings is 1. The molecular formula is C14H12BrN3. The van der Waals surface area contributed by atoms with E-state index in [4.69, 9.17) is 0 Å². The topological polar surface area (TPSA) is 30.7 Å². The van der Waals surface area contributed by atoms with Crippen LogP contribution in [-0.4, -0.2) is 14.5 Å².